The first-order chi connectivity index (χ1) is 21.2. The second-order valence-corrected chi connectivity index (χ2v) is 12.7. The van der Waals surface area contributed by atoms with Crippen molar-refractivity contribution >= 4 is 29.7 Å². The number of methoxy groups -OCH3 is 1. The summed E-state index contributed by atoms with van der Waals surface area (Å²) in [5, 5.41) is 15.6. The molecule has 0 bridgehead atoms. The Morgan fingerprint density at radius 3 is 2.00 bits per heavy atom. The maximum atomic E-state index is 13.5. The van der Waals surface area contributed by atoms with Crippen LogP contribution in [0.4, 0.5) is 0 Å². The lowest BCUT2D eigenvalue weighted by molar-refractivity contribution is -0.170. The van der Waals surface area contributed by atoms with Crippen molar-refractivity contribution in [3.8, 4) is 0 Å². The first-order valence-electron chi connectivity index (χ1n) is 16.4. The summed E-state index contributed by atoms with van der Waals surface area (Å²) in [4.78, 5) is 65.6. The lowest BCUT2D eigenvalue weighted by Crippen LogP contribution is -2.57. The number of likely N-dealkylation sites (N-methyl/N-ethyl adjacent to an activating group) is 1. The quantitative estimate of drug-likeness (QED) is 0.179. The monoisotopic (exact) mass is 635 g/mol. The van der Waals surface area contributed by atoms with E-state index in [1.807, 2.05) is 6.92 Å². The summed E-state index contributed by atoms with van der Waals surface area (Å²) in [5.74, 6) is -4.48. The molecular weight excluding hydrogens is 578 g/mol. The first kappa shape index (κ1) is 39.8. The van der Waals surface area contributed by atoms with E-state index in [1.165, 1.54) is 58.6 Å². The van der Waals surface area contributed by atoms with Crippen LogP contribution >= 0.6 is 0 Å². The molecule has 3 N–H and O–H groups in total. The number of unbranched alkanes of at least 4 members (excludes halogenated alkanes) is 8. The van der Waals surface area contributed by atoms with E-state index in [4.69, 9.17) is 4.74 Å². The molecule has 6 atom stereocenters. The minimum atomic E-state index is -2.08. The average Bonchev–Trinajstić information content (AvgIpc) is 3.00. The summed E-state index contributed by atoms with van der Waals surface area (Å²) in [6.07, 6.45) is 11.9. The lowest BCUT2D eigenvalue weighted by Gasteiger charge is -2.32. The van der Waals surface area contributed by atoms with Crippen LogP contribution in [-0.2, 0) is 33.4 Å². The van der Waals surface area contributed by atoms with Crippen LogP contribution in [0.15, 0.2) is 24.4 Å². The Bertz CT molecular complexity index is 1030. The van der Waals surface area contributed by atoms with Gasteiger partial charge in [-0.1, -0.05) is 98.5 Å². The zero-order chi connectivity index (χ0) is 34.1. The topological polar surface area (TPSA) is 151 Å². The molecule has 0 aromatic carbocycles. The number of nitrogens with one attached hydrogen (secondary N) is 2. The molecule has 0 aromatic rings. The van der Waals surface area contributed by atoms with E-state index in [-0.39, 0.29) is 11.6 Å². The van der Waals surface area contributed by atoms with Crippen LogP contribution in [0.25, 0.3) is 0 Å². The van der Waals surface area contributed by atoms with E-state index in [2.05, 4.69) is 35.8 Å². The van der Waals surface area contributed by atoms with Crippen LogP contribution in [0.5, 0.6) is 0 Å². The number of amides is 3. The molecule has 0 saturated heterocycles. The van der Waals surface area contributed by atoms with Crippen molar-refractivity contribution in [1.29, 1.82) is 0 Å². The van der Waals surface area contributed by atoms with Crippen molar-refractivity contribution in [2.24, 2.45) is 17.8 Å². The Morgan fingerprint density at radius 2 is 1.47 bits per heavy atom. The number of aliphatic hydroxyl groups is 1. The predicted octanol–water partition coefficient (Wildman–Crippen LogP) is 4.18. The largest absolute Gasteiger partial charge is 0.467 e. The van der Waals surface area contributed by atoms with Gasteiger partial charge in [-0.3, -0.25) is 14.4 Å². The SMILES string of the molecule is C=C1/C=C/C(=O)N(C)[C@@H](C)C(=O)N[C@@H]([C@H](O)C(=O)OC)C(=O)O[C@@H]([C@H](C)CCCCCCCCCCCC(C)C)[C@H](C)C(=O)N1. The van der Waals surface area contributed by atoms with Gasteiger partial charge in [0.15, 0.2) is 12.1 Å². The predicted molar refractivity (Wildman–Crippen MR) is 172 cm³/mol. The molecule has 0 spiro atoms. The lowest BCUT2D eigenvalue weighted by atomic mass is 9.88. The number of hydrogen-bond acceptors (Lipinski definition) is 8. The molecule has 11 nitrogen and oxygen atoms in total. The highest BCUT2D eigenvalue weighted by atomic mass is 16.6. The van der Waals surface area contributed by atoms with Crippen LogP contribution in [0, 0.1) is 17.8 Å². The van der Waals surface area contributed by atoms with Crippen molar-refractivity contribution in [2.45, 2.75) is 130 Å². The summed E-state index contributed by atoms with van der Waals surface area (Å²) < 4.78 is 10.4. The second-order valence-electron chi connectivity index (χ2n) is 12.7. The summed E-state index contributed by atoms with van der Waals surface area (Å²) in [5.41, 5.74) is 0.150. The number of carbonyl (C=O) groups is 5. The number of cyclic esters (lactones) is 1. The molecule has 0 aromatic heterocycles. The van der Waals surface area contributed by atoms with Gasteiger partial charge in [0, 0.05) is 18.8 Å². The van der Waals surface area contributed by atoms with Crippen molar-refractivity contribution in [3.63, 3.8) is 0 Å². The number of nitrogens with zero attached hydrogens (tertiary/aromatic N) is 1. The van der Waals surface area contributed by atoms with Gasteiger partial charge in [0.2, 0.25) is 17.7 Å². The van der Waals surface area contributed by atoms with E-state index >= 15 is 0 Å². The van der Waals surface area contributed by atoms with Crippen LogP contribution < -0.4 is 10.6 Å². The molecule has 0 saturated carbocycles. The number of ether oxygens (including phenoxy) is 2. The van der Waals surface area contributed by atoms with Gasteiger partial charge < -0.3 is 30.1 Å². The minimum Gasteiger partial charge on any atom is -0.467 e. The molecule has 1 aliphatic heterocycles. The molecule has 256 valence electrons. The normalized spacial score (nSPS) is 24.2. The number of allylic oxidation sites excluding steroid dienone is 1. The molecule has 1 heterocycles. The molecule has 0 aliphatic carbocycles. The van der Waals surface area contributed by atoms with Crippen LogP contribution in [0.2, 0.25) is 0 Å². The Kier molecular flexibility index (Phi) is 18.4. The number of carbonyl (C=O) groups excluding carboxylic acids is 5. The van der Waals surface area contributed by atoms with Gasteiger partial charge in [-0.25, -0.2) is 9.59 Å². The third-order valence-corrected chi connectivity index (χ3v) is 8.49. The molecule has 3 amide bonds. The van der Waals surface area contributed by atoms with Gasteiger partial charge in [0.1, 0.15) is 12.1 Å². The maximum absolute atomic E-state index is 13.5. The first-order valence-corrected chi connectivity index (χ1v) is 16.4. The molecule has 45 heavy (non-hydrogen) atoms. The summed E-state index contributed by atoms with van der Waals surface area (Å²) >= 11 is 0. The van der Waals surface area contributed by atoms with Crippen molar-refractivity contribution < 1.29 is 38.6 Å². The summed E-state index contributed by atoms with van der Waals surface area (Å²) in [6, 6.07) is -2.92. The third-order valence-electron chi connectivity index (χ3n) is 8.49. The third kappa shape index (κ3) is 14.2. The van der Waals surface area contributed by atoms with E-state index < -0.39 is 59.9 Å². The van der Waals surface area contributed by atoms with Gasteiger partial charge in [0.05, 0.1) is 13.0 Å². The molecule has 0 radical (unpaired) electrons. The van der Waals surface area contributed by atoms with Crippen LogP contribution in [-0.4, -0.2) is 78.1 Å². The van der Waals surface area contributed by atoms with Crippen LogP contribution in [0.1, 0.15) is 105 Å². The molecule has 0 fully saturated rings. The summed E-state index contributed by atoms with van der Waals surface area (Å²) in [6.45, 7) is 13.2. The minimum absolute atomic E-state index is 0.150. The van der Waals surface area contributed by atoms with Gasteiger partial charge >= 0.3 is 11.9 Å². The van der Waals surface area contributed by atoms with Gasteiger partial charge in [-0.05, 0) is 31.3 Å². The van der Waals surface area contributed by atoms with Crippen LogP contribution in [0.3, 0.4) is 0 Å². The number of aliphatic hydroxyl groups excluding tert-OH is 1. The van der Waals surface area contributed by atoms with Gasteiger partial charge in [-0.15, -0.1) is 0 Å². The Morgan fingerprint density at radius 1 is 0.933 bits per heavy atom. The molecular formula is C34H57N3O8. The highest BCUT2D eigenvalue weighted by Crippen LogP contribution is 2.25. The Labute approximate surface area is 269 Å². The van der Waals surface area contributed by atoms with Crippen molar-refractivity contribution in [1.82, 2.24) is 15.5 Å². The molecule has 1 aliphatic rings. The fraction of sp³-hybridized carbons (Fsp3) is 0.735. The highest BCUT2D eigenvalue weighted by molar-refractivity contribution is 5.96. The zero-order valence-corrected chi connectivity index (χ0v) is 28.4. The number of rotatable bonds is 15. The summed E-state index contributed by atoms with van der Waals surface area (Å²) in [7, 11) is 2.40. The van der Waals surface area contributed by atoms with E-state index in [0.29, 0.717) is 6.42 Å². The molecule has 0 unspecified atom stereocenters. The fourth-order valence-corrected chi connectivity index (χ4v) is 5.26. The van der Waals surface area contributed by atoms with Crippen molar-refractivity contribution in [3.05, 3.63) is 24.4 Å². The van der Waals surface area contributed by atoms with Gasteiger partial charge in [0.25, 0.3) is 0 Å². The highest BCUT2D eigenvalue weighted by Gasteiger charge is 2.41. The molecule has 11 heteroatoms. The average molecular weight is 636 g/mol. The zero-order valence-electron chi connectivity index (χ0n) is 28.4. The standard InChI is InChI=1S/C34H57N3O8/c1-22(2)18-16-14-12-10-9-11-13-15-17-19-23(3)30-25(5)31(40)35-24(4)20-21-27(38)37(7)26(6)32(41)36-28(33(42)45-30)29(39)34(43)44-8/h20-23,25-26,28-30,39H,4,9-19H2,1-3,5-8H3,(H,35,40)(H,36,41)/b21-20+/t23-,25+,26+,28+,29+,30+/m1/s1. The second kappa shape index (κ2) is 20.7. The van der Waals surface area contributed by atoms with E-state index in [0.717, 1.165) is 49.7 Å². The van der Waals surface area contributed by atoms with Gasteiger partial charge in [-0.2, -0.15) is 0 Å². The fourth-order valence-electron chi connectivity index (χ4n) is 5.26. The molecule has 1 rings (SSSR count). The Hall–Kier alpha value is -3.21. The number of hydrogen-bond donors (Lipinski definition) is 3. The smallest absolute Gasteiger partial charge is 0.337 e. The maximum Gasteiger partial charge on any atom is 0.337 e. The van der Waals surface area contributed by atoms with Crippen molar-refractivity contribution in [2.75, 3.05) is 14.2 Å². The number of esters is 2. The Balaban J connectivity index is 3.02. The van der Waals surface area contributed by atoms with E-state index in [1.54, 1.807) is 6.92 Å². The van der Waals surface area contributed by atoms with E-state index in [9.17, 15) is 29.1 Å².